The van der Waals surface area contributed by atoms with Crippen LogP contribution in [-0.4, -0.2) is 58.3 Å². The highest BCUT2D eigenvalue weighted by atomic mass is 16.5. The first-order valence-corrected chi connectivity index (χ1v) is 10.1. The maximum Gasteiger partial charge on any atom is 0.228 e. The van der Waals surface area contributed by atoms with Crippen LogP contribution in [0.15, 0.2) is 0 Å². The molecule has 0 fully saturated rings. The smallest absolute Gasteiger partial charge is 0.228 e. The molecule has 1 atom stereocenters. The standard InChI is InChI=1S/C19H38N2O4.C2H6/c1-15(22)16(10-8-9-11-20-6)21-17(23)19(4,5)14-25-13-18(2,3)12-24-7;1-2/h16,20H,8-14H2,1-7H3,(H,21,23);1-2H3. The van der Waals surface area contributed by atoms with Crippen molar-refractivity contribution in [3.63, 3.8) is 0 Å². The van der Waals surface area contributed by atoms with Gasteiger partial charge in [-0.05, 0) is 53.6 Å². The molecule has 0 aliphatic carbocycles. The molecule has 2 N–H and O–H groups in total. The van der Waals surface area contributed by atoms with E-state index in [9.17, 15) is 9.59 Å². The Kier molecular flexibility index (Phi) is 15.7. The van der Waals surface area contributed by atoms with Gasteiger partial charge >= 0.3 is 0 Å². The number of carbonyl (C=O) groups is 2. The van der Waals surface area contributed by atoms with Gasteiger partial charge in [-0.2, -0.15) is 0 Å². The van der Waals surface area contributed by atoms with Gasteiger partial charge in [-0.15, -0.1) is 0 Å². The highest BCUT2D eigenvalue weighted by molar-refractivity contribution is 5.89. The number of Topliss-reactive ketones (excluding diaryl/α,β-unsaturated/α-hetero) is 1. The molecule has 1 unspecified atom stereocenters. The summed E-state index contributed by atoms with van der Waals surface area (Å²) < 4.78 is 10.9. The van der Waals surface area contributed by atoms with Gasteiger partial charge in [-0.3, -0.25) is 9.59 Å². The molecule has 0 rings (SSSR count). The predicted molar refractivity (Wildman–Crippen MR) is 112 cm³/mol. The van der Waals surface area contributed by atoms with E-state index < -0.39 is 11.5 Å². The van der Waals surface area contributed by atoms with Gasteiger partial charge < -0.3 is 20.1 Å². The van der Waals surface area contributed by atoms with Crippen molar-refractivity contribution in [2.24, 2.45) is 10.8 Å². The van der Waals surface area contributed by atoms with Crippen LogP contribution in [0.1, 0.15) is 67.7 Å². The molecule has 0 aromatic rings. The van der Waals surface area contributed by atoms with Crippen LogP contribution in [0.5, 0.6) is 0 Å². The maximum atomic E-state index is 12.6. The van der Waals surface area contributed by atoms with Crippen molar-refractivity contribution in [3.8, 4) is 0 Å². The fourth-order valence-electron chi connectivity index (χ4n) is 2.46. The number of unbranched alkanes of at least 4 members (excludes halogenated alkanes) is 1. The van der Waals surface area contributed by atoms with Gasteiger partial charge in [0.2, 0.25) is 5.91 Å². The molecule has 0 bridgehead atoms. The SMILES string of the molecule is CC.CNCCCCC(NC(=O)C(C)(C)COCC(C)(C)COC)C(C)=O. The van der Waals surface area contributed by atoms with Crippen molar-refractivity contribution in [1.82, 2.24) is 10.6 Å². The third-order valence-electron chi connectivity index (χ3n) is 4.07. The van der Waals surface area contributed by atoms with Gasteiger partial charge in [0.15, 0.2) is 5.78 Å². The zero-order chi connectivity index (χ0) is 21.5. The molecule has 162 valence electrons. The average Bonchev–Trinajstić information content (AvgIpc) is 2.58. The first-order chi connectivity index (χ1) is 12.6. The number of carbonyl (C=O) groups excluding carboxylic acids is 2. The second-order valence-electron chi connectivity index (χ2n) is 8.21. The molecule has 6 nitrogen and oxygen atoms in total. The number of hydrogen-bond donors (Lipinski definition) is 2. The highest BCUT2D eigenvalue weighted by Crippen LogP contribution is 2.21. The summed E-state index contributed by atoms with van der Waals surface area (Å²) in [5.41, 5.74) is -0.793. The average molecular weight is 389 g/mol. The number of nitrogens with one attached hydrogen (secondary N) is 2. The number of rotatable bonds is 14. The molecular formula is C21H44N2O4. The van der Waals surface area contributed by atoms with E-state index in [2.05, 4.69) is 24.5 Å². The lowest BCUT2D eigenvalue weighted by Crippen LogP contribution is -2.47. The Balaban J connectivity index is 0. The van der Waals surface area contributed by atoms with E-state index in [4.69, 9.17) is 9.47 Å². The molecule has 6 heteroatoms. The van der Waals surface area contributed by atoms with Crippen molar-refractivity contribution < 1.29 is 19.1 Å². The number of hydrogen-bond acceptors (Lipinski definition) is 5. The minimum Gasteiger partial charge on any atom is -0.384 e. The first-order valence-electron chi connectivity index (χ1n) is 10.1. The lowest BCUT2D eigenvalue weighted by atomic mass is 9.91. The second kappa shape index (κ2) is 15.0. The Morgan fingerprint density at radius 2 is 1.59 bits per heavy atom. The van der Waals surface area contributed by atoms with Gasteiger partial charge in [0.05, 0.1) is 31.3 Å². The van der Waals surface area contributed by atoms with E-state index in [0.717, 1.165) is 19.4 Å². The van der Waals surface area contributed by atoms with Crippen LogP contribution in [0.25, 0.3) is 0 Å². The normalized spacial score (nSPS) is 12.8. The van der Waals surface area contributed by atoms with Crippen LogP contribution in [0.4, 0.5) is 0 Å². The summed E-state index contributed by atoms with van der Waals surface area (Å²) in [6.07, 6.45) is 2.55. The first kappa shape index (κ1) is 28.2. The van der Waals surface area contributed by atoms with Crippen LogP contribution >= 0.6 is 0 Å². The number of ether oxygens (including phenoxy) is 2. The zero-order valence-corrected chi connectivity index (χ0v) is 19.2. The Morgan fingerprint density at radius 1 is 1.00 bits per heavy atom. The van der Waals surface area contributed by atoms with Crippen LogP contribution in [0.2, 0.25) is 0 Å². The van der Waals surface area contributed by atoms with Crippen LogP contribution < -0.4 is 10.6 Å². The molecule has 0 aliphatic rings. The number of amides is 1. The second-order valence-corrected chi connectivity index (χ2v) is 8.21. The Bertz CT molecular complexity index is 409. The van der Waals surface area contributed by atoms with E-state index in [-0.39, 0.29) is 17.1 Å². The van der Waals surface area contributed by atoms with Crippen LogP contribution in [-0.2, 0) is 19.1 Å². The van der Waals surface area contributed by atoms with Crippen molar-refractivity contribution in [1.29, 1.82) is 0 Å². The van der Waals surface area contributed by atoms with Crippen molar-refractivity contribution >= 4 is 11.7 Å². The number of methoxy groups -OCH3 is 1. The van der Waals surface area contributed by atoms with Gasteiger partial charge in [-0.1, -0.05) is 27.7 Å². The molecule has 27 heavy (non-hydrogen) atoms. The molecule has 0 heterocycles. The highest BCUT2D eigenvalue weighted by Gasteiger charge is 2.31. The van der Waals surface area contributed by atoms with Gasteiger partial charge in [-0.25, -0.2) is 0 Å². The summed E-state index contributed by atoms with van der Waals surface area (Å²) in [5.74, 6) is -0.151. The lowest BCUT2D eigenvalue weighted by Gasteiger charge is -2.29. The Hall–Kier alpha value is -0.980. The Labute approximate surface area is 167 Å². The van der Waals surface area contributed by atoms with Crippen molar-refractivity contribution in [2.45, 2.75) is 73.8 Å². The number of ketones is 1. The van der Waals surface area contributed by atoms with Gasteiger partial charge in [0.25, 0.3) is 0 Å². The predicted octanol–water partition coefficient (Wildman–Crippen LogP) is 3.19. The van der Waals surface area contributed by atoms with Gasteiger partial charge in [0.1, 0.15) is 0 Å². The third-order valence-corrected chi connectivity index (χ3v) is 4.07. The lowest BCUT2D eigenvalue weighted by molar-refractivity contribution is -0.136. The molecule has 0 radical (unpaired) electrons. The minimum atomic E-state index is -0.693. The van der Waals surface area contributed by atoms with E-state index in [0.29, 0.717) is 26.2 Å². The zero-order valence-electron chi connectivity index (χ0n) is 19.2. The fraction of sp³-hybridized carbons (Fsp3) is 0.905. The summed E-state index contributed by atoms with van der Waals surface area (Å²) in [6, 6.07) is -0.423. The summed E-state index contributed by atoms with van der Waals surface area (Å²) in [7, 11) is 3.57. The summed E-state index contributed by atoms with van der Waals surface area (Å²) in [4.78, 5) is 24.4. The molecule has 0 aromatic carbocycles. The molecule has 0 saturated heterocycles. The molecule has 0 aliphatic heterocycles. The molecule has 0 aromatic heterocycles. The fourth-order valence-corrected chi connectivity index (χ4v) is 2.46. The third kappa shape index (κ3) is 13.8. The van der Waals surface area contributed by atoms with E-state index in [1.54, 1.807) is 7.11 Å². The monoisotopic (exact) mass is 388 g/mol. The van der Waals surface area contributed by atoms with Crippen molar-refractivity contribution in [2.75, 3.05) is 40.5 Å². The Morgan fingerprint density at radius 3 is 2.07 bits per heavy atom. The minimum absolute atomic E-state index is 0.00393. The molecule has 1 amide bonds. The summed E-state index contributed by atoms with van der Waals surface area (Å²) >= 11 is 0. The van der Waals surface area contributed by atoms with E-state index >= 15 is 0 Å². The van der Waals surface area contributed by atoms with Gasteiger partial charge in [0, 0.05) is 12.5 Å². The van der Waals surface area contributed by atoms with E-state index in [1.165, 1.54) is 6.92 Å². The molecule has 0 spiro atoms. The topological polar surface area (TPSA) is 76.7 Å². The largest absolute Gasteiger partial charge is 0.384 e. The molecular weight excluding hydrogens is 344 g/mol. The van der Waals surface area contributed by atoms with Crippen molar-refractivity contribution in [3.05, 3.63) is 0 Å². The molecule has 0 saturated carbocycles. The quantitative estimate of drug-likeness (QED) is 0.447. The van der Waals surface area contributed by atoms with Crippen LogP contribution in [0, 0.1) is 10.8 Å². The summed E-state index contributed by atoms with van der Waals surface area (Å²) in [5, 5.41) is 5.98. The van der Waals surface area contributed by atoms with E-state index in [1.807, 2.05) is 34.7 Å². The maximum absolute atomic E-state index is 12.6. The van der Waals surface area contributed by atoms with Crippen LogP contribution in [0.3, 0.4) is 0 Å². The summed E-state index contributed by atoms with van der Waals surface area (Å²) in [6.45, 7) is 15.6.